The summed E-state index contributed by atoms with van der Waals surface area (Å²) >= 11 is 7.36. The SMILES string of the molecule is O=C1NC(SCc2ccc(Cl)cc2)NCC1O. The maximum absolute atomic E-state index is 11.2. The van der Waals surface area contributed by atoms with E-state index in [2.05, 4.69) is 10.6 Å². The Bertz CT molecular complexity index is 399. The van der Waals surface area contributed by atoms with E-state index >= 15 is 0 Å². The number of β-amino-alcohol motifs (C(OH)–C–C–N with tert-alkyl or cyclic N) is 1. The number of carbonyl (C=O) groups is 1. The van der Waals surface area contributed by atoms with Gasteiger partial charge in [-0.15, -0.1) is 11.8 Å². The second-order valence-corrected chi connectivity index (χ2v) is 5.28. The van der Waals surface area contributed by atoms with E-state index in [1.165, 1.54) is 0 Å². The molecule has 0 radical (unpaired) electrons. The molecule has 1 aliphatic heterocycles. The van der Waals surface area contributed by atoms with Gasteiger partial charge in [0.15, 0.2) is 0 Å². The molecular formula is C11H13ClN2O2S. The summed E-state index contributed by atoms with van der Waals surface area (Å²) in [7, 11) is 0. The van der Waals surface area contributed by atoms with Gasteiger partial charge in [-0.25, -0.2) is 0 Å². The molecule has 0 aliphatic carbocycles. The van der Waals surface area contributed by atoms with Crippen molar-refractivity contribution < 1.29 is 9.90 Å². The van der Waals surface area contributed by atoms with Crippen LogP contribution < -0.4 is 10.6 Å². The van der Waals surface area contributed by atoms with E-state index in [-0.39, 0.29) is 11.4 Å². The van der Waals surface area contributed by atoms with E-state index < -0.39 is 6.10 Å². The van der Waals surface area contributed by atoms with Crippen LogP contribution in [0, 0.1) is 0 Å². The van der Waals surface area contributed by atoms with Crippen LogP contribution in [0.15, 0.2) is 24.3 Å². The van der Waals surface area contributed by atoms with Crippen LogP contribution in [0.4, 0.5) is 0 Å². The van der Waals surface area contributed by atoms with E-state index in [1.807, 2.05) is 24.3 Å². The Labute approximate surface area is 109 Å². The number of hydrogen-bond acceptors (Lipinski definition) is 4. The van der Waals surface area contributed by atoms with Crippen molar-refractivity contribution in [2.45, 2.75) is 17.4 Å². The van der Waals surface area contributed by atoms with Crippen molar-refractivity contribution in [2.24, 2.45) is 0 Å². The second-order valence-electron chi connectivity index (χ2n) is 3.75. The molecule has 0 bridgehead atoms. The van der Waals surface area contributed by atoms with Crippen LogP contribution in [-0.2, 0) is 10.5 Å². The summed E-state index contributed by atoms with van der Waals surface area (Å²) < 4.78 is 0. The van der Waals surface area contributed by atoms with Gasteiger partial charge in [0.1, 0.15) is 11.6 Å². The highest BCUT2D eigenvalue weighted by atomic mass is 35.5. The molecule has 6 heteroatoms. The number of thioether (sulfide) groups is 1. The van der Waals surface area contributed by atoms with Crippen LogP contribution in [0.3, 0.4) is 0 Å². The number of benzene rings is 1. The molecule has 4 nitrogen and oxygen atoms in total. The molecule has 0 aromatic heterocycles. The summed E-state index contributed by atoms with van der Waals surface area (Å²) in [5, 5.41) is 15.6. The molecule has 0 saturated carbocycles. The van der Waals surface area contributed by atoms with Gasteiger partial charge < -0.3 is 10.4 Å². The van der Waals surface area contributed by atoms with Crippen LogP contribution >= 0.6 is 23.4 Å². The first-order valence-corrected chi connectivity index (χ1v) is 6.66. The van der Waals surface area contributed by atoms with Crippen molar-refractivity contribution in [3.8, 4) is 0 Å². The predicted octanol–water partition coefficient (Wildman–Crippen LogP) is 0.937. The fourth-order valence-electron chi connectivity index (χ4n) is 1.45. The zero-order valence-electron chi connectivity index (χ0n) is 9.02. The summed E-state index contributed by atoms with van der Waals surface area (Å²) in [6.07, 6.45) is -0.942. The van der Waals surface area contributed by atoms with Crippen LogP contribution in [0.25, 0.3) is 0 Å². The van der Waals surface area contributed by atoms with E-state index in [1.54, 1.807) is 11.8 Å². The Morgan fingerprint density at radius 1 is 1.41 bits per heavy atom. The molecule has 1 aliphatic rings. The molecular weight excluding hydrogens is 260 g/mol. The van der Waals surface area contributed by atoms with Crippen molar-refractivity contribution in [2.75, 3.05) is 6.54 Å². The number of aliphatic hydroxyl groups excluding tert-OH is 1. The average Bonchev–Trinajstić information content (AvgIpc) is 2.33. The van der Waals surface area contributed by atoms with Gasteiger partial charge >= 0.3 is 0 Å². The Kier molecular flexibility index (Phi) is 4.28. The van der Waals surface area contributed by atoms with Crippen molar-refractivity contribution in [1.29, 1.82) is 0 Å². The lowest BCUT2D eigenvalue weighted by atomic mass is 10.2. The van der Waals surface area contributed by atoms with Crippen molar-refractivity contribution in [1.82, 2.24) is 10.6 Å². The van der Waals surface area contributed by atoms with Crippen molar-refractivity contribution in [3.05, 3.63) is 34.9 Å². The van der Waals surface area contributed by atoms with Gasteiger partial charge in [0, 0.05) is 17.3 Å². The Balaban J connectivity index is 1.82. The molecule has 2 unspecified atom stereocenters. The topological polar surface area (TPSA) is 61.4 Å². The maximum atomic E-state index is 11.2. The van der Waals surface area contributed by atoms with Gasteiger partial charge in [0.05, 0.1) is 0 Å². The van der Waals surface area contributed by atoms with Crippen LogP contribution in [0.2, 0.25) is 5.02 Å². The van der Waals surface area contributed by atoms with Crippen molar-refractivity contribution >= 4 is 29.3 Å². The maximum Gasteiger partial charge on any atom is 0.252 e. The molecule has 17 heavy (non-hydrogen) atoms. The molecule has 1 fully saturated rings. The molecule has 3 N–H and O–H groups in total. The monoisotopic (exact) mass is 272 g/mol. The lowest BCUT2D eigenvalue weighted by Crippen LogP contribution is -2.57. The lowest BCUT2D eigenvalue weighted by molar-refractivity contribution is -0.131. The summed E-state index contributed by atoms with van der Waals surface area (Å²) in [6.45, 7) is 0.296. The quantitative estimate of drug-likeness (QED) is 0.766. The van der Waals surface area contributed by atoms with Crippen LogP contribution in [-0.4, -0.2) is 29.2 Å². The molecule has 2 atom stereocenters. The minimum atomic E-state index is -0.942. The zero-order chi connectivity index (χ0) is 12.3. The molecule has 1 saturated heterocycles. The summed E-state index contributed by atoms with van der Waals surface area (Å²) in [5.41, 5.74) is 0.989. The third-order valence-electron chi connectivity index (χ3n) is 2.40. The number of amides is 1. The standard InChI is InChI=1S/C11H13ClN2O2S/c12-8-3-1-7(2-4-8)6-17-11-13-5-9(15)10(16)14-11/h1-4,9,11,13,15H,5-6H2,(H,14,16). The van der Waals surface area contributed by atoms with Crippen molar-refractivity contribution in [3.63, 3.8) is 0 Å². The zero-order valence-corrected chi connectivity index (χ0v) is 10.6. The van der Waals surface area contributed by atoms with E-state index in [4.69, 9.17) is 11.6 Å². The first-order chi connectivity index (χ1) is 8.15. The Morgan fingerprint density at radius 2 is 2.12 bits per heavy atom. The number of rotatable bonds is 3. The van der Waals surface area contributed by atoms with Crippen LogP contribution in [0.1, 0.15) is 5.56 Å². The van der Waals surface area contributed by atoms with E-state index in [0.717, 1.165) is 11.3 Å². The van der Waals surface area contributed by atoms with Gasteiger partial charge in [-0.05, 0) is 17.7 Å². The Morgan fingerprint density at radius 3 is 2.76 bits per heavy atom. The normalized spacial score (nSPS) is 24.5. The fourth-order valence-corrected chi connectivity index (χ4v) is 2.54. The third kappa shape index (κ3) is 3.61. The molecule has 2 rings (SSSR count). The fraction of sp³-hybridized carbons (Fsp3) is 0.364. The lowest BCUT2D eigenvalue weighted by Gasteiger charge is -2.27. The average molecular weight is 273 g/mol. The van der Waals surface area contributed by atoms with Gasteiger partial charge in [-0.3, -0.25) is 10.1 Å². The number of aliphatic hydroxyl groups is 1. The summed E-state index contributed by atoms with van der Waals surface area (Å²) in [5.74, 6) is 0.447. The van der Waals surface area contributed by atoms with E-state index in [0.29, 0.717) is 11.6 Å². The highest BCUT2D eigenvalue weighted by Gasteiger charge is 2.25. The van der Waals surface area contributed by atoms with Crippen LogP contribution in [0.5, 0.6) is 0 Å². The second kappa shape index (κ2) is 5.73. The number of nitrogens with one attached hydrogen (secondary N) is 2. The summed E-state index contributed by atoms with van der Waals surface area (Å²) in [4.78, 5) is 11.2. The number of halogens is 1. The third-order valence-corrected chi connectivity index (χ3v) is 3.77. The highest BCUT2D eigenvalue weighted by Crippen LogP contribution is 2.18. The van der Waals surface area contributed by atoms with E-state index in [9.17, 15) is 9.90 Å². The van der Waals surface area contributed by atoms with Gasteiger partial charge in [-0.2, -0.15) is 0 Å². The molecule has 1 aromatic carbocycles. The molecule has 1 aromatic rings. The first-order valence-electron chi connectivity index (χ1n) is 5.23. The van der Waals surface area contributed by atoms with Gasteiger partial charge in [0.2, 0.25) is 0 Å². The minimum absolute atomic E-state index is 0.151. The highest BCUT2D eigenvalue weighted by molar-refractivity contribution is 7.99. The molecule has 0 spiro atoms. The largest absolute Gasteiger partial charge is 0.382 e. The Hall–Kier alpha value is -0.750. The minimum Gasteiger partial charge on any atom is -0.382 e. The number of carbonyl (C=O) groups excluding carboxylic acids is 1. The first kappa shape index (κ1) is 12.7. The molecule has 1 amide bonds. The number of hydrogen-bond donors (Lipinski definition) is 3. The predicted molar refractivity (Wildman–Crippen MR) is 68.7 cm³/mol. The van der Waals surface area contributed by atoms with Gasteiger partial charge in [-0.1, -0.05) is 23.7 Å². The molecule has 92 valence electrons. The van der Waals surface area contributed by atoms with Gasteiger partial charge in [0.25, 0.3) is 5.91 Å². The summed E-state index contributed by atoms with van der Waals surface area (Å²) in [6, 6.07) is 7.59. The molecule has 1 heterocycles. The smallest absolute Gasteiger partial charge is 0.252 e.